The SMILES string of the molecule is CC1(C)c2ccccc2N(c2ccc3c(c2)C(C)(C)c2cc(-c4ccc5c(c4)c4ccc6sc7ccccc7c6c4n5-c4nc(-c5ccccc5)nc(-c5ccccc5)n4)ccc2S3(=O)=O)c2ccccc21. The summed E-state index contributed by atoms with van der Waals surface area (Å²) in [7, 11) is -3.87. The second-order valence-corrected chi connectivity index (χ2v) is 23.0. The monoisotopic (exact) mass is 967 g/mol. The van der Waals surface area contributed by atoms with Gasteiger partial charge in [-0.05, 0) is 100 Å². The Morgan fingerprint density at radius 1 is 0.444 bits per heavy atom. The third-order valence-electron chi connectivity index (χ3n) is 15.3. The van der Waals surface area contributed by atoms with Crippen LogP contribution in [0.25, 0.3) is 81.8 Å². The molecule has 72 heavy (non-hydrogen) atoms. The number of hydrogen-bond donors (Lipinski definition) is 0. The minimum Gasteiger partial charge on any atom is -0.310 e. The Labute approximate surface area is 421 Å². The maximum absolute atomic E-state index is 14.8. The smallest absolute Gasteiger partial charge is 0.238 e. The highest BCUT2D eigenvalue weighted by Crippen LogP contribution is 2.54. The van der Waals surface area contributed by atoms with Crippen LogP contribution in [0.1, 0.15) is 49.9 Å². The summed E-state index contributed by atoms with van der Waals surface area (Å²) in [5, 5.41) is 4.42. The molecule has 7 nitrogen and oxygen atoms in total. The molecule has 0 amide bonds. The summed E-state index contributed by atoms with van der Waals surface area (Å²) in [6, 6.07) is 68.6. The lowest BCUT2D eigenvalue weighted by atomic mass is 9.73. The van der Waals surface area contributed by atoms with Crippen molar-refractivity contribution >= 4 is 80.2 Å². The molecule has 0 spiro atoms. The third kappa shape index (κ3) is 6.14. The first-order valence-electron chi connectivity index (χ1n) is 24.3. The minimum atomic E-state index is -3.87. The van der Waals surface area contributed by atoms with Gasteiger partial charge in [-0.1, -0.05) is 161 Å². The van der Waals surface area contributed by atoms with Gasteiger partial charge in [0, 0.05) is 58.6 Å². The lowest BCUT2D eigenvalue weighted by Gasteiger charge is -2.42. The molecule has 14 rings (SSSR count). The van der Waals surface area contributed by atoms with E-state index >= 15 is 0 Å². The molecule has 0 saturated heterocycles. The van der Waals surface area contributed by atoms with Gasteiger partial charge in [-0.2, -0.15) is 9.97 Å². The topological polar surface area (TPSA) is 81.0 Å². The van der Waals surface area contributed by atoms with Gasteiger partial charge in [0.25, 0.3) is 0 Å². The standard InChI is InChI=1S/C63H45N5O2S2/c1-62(2)46-22-12-14-24-51(46)67(52-25-15-13-23-47(52)62)42-29-34-56-49(37-42)63(3,4)48-36-41(28-33-55(48)72(56,69)70)40-27-31-50-45(35-40)43-30-32-54-57(44-21-11-16-26-53(44)71-54)58(43)68(50)61-65-59(38-17-7-5-8-18-38)64-60(66-61)39-19-9-6-10-20-39/h5-37H,1-4H3. The number of thiophene rings is 1. The van der Waals surface area contributed by atoms with E-state index in [1.54, 1.807) is 11.3 Å². The molecule has 0 fully saturated rings. The molecule has 2 aliphatic heterocycles. The Balaban J connectivity index is 0.954. The van der Waals surface area contributed by atoms with E-state index in [-0.39, 0.29) is 5.41 Å². The molecule has 5 heterocycles. The second kappa shape index (κ2) is 15.4. The largest absolute Gasteiger partial charge is 0.310 e. The highest BCUT2D eigenvalue weighted by Gasteiger charge is 2.42. The molecule has 0 unspecified atom stereocenters. The van der Waals surface area contributed by atoms with E-state index in [2.05, 4.69) is 152 Å². The van der Waals surface area contributed by atoms with Crippen molar-refractivity contribution in [2.45, 2.75) is 48.3 Å². The van der Waals surface area contributed by atoms with Gasteiger partial charge < -0.3 is 4.90 Å². The fourth-order valence-corrected chi connectivity index (χ4v) is 14.7. The van der Waals surface area contributed by atoms with Crippen LogP contribution in [0, 0.1) is 0 Å². The number of aromatic nitrogens is 4. The van der Waals surface area contributed by atoms with Gasteiger partial charge in [0.15, 0.2) is 11.6 Å². The van der Waals surface area contributed by atoms with E-state index in [4.69, 9.17) is 15.0 Å². The van der Waals surface area contributed by atoms with Gasteiger partial charge in [-0.15, -0.1) is 11.3 Å². The maximum Gasteiger partial charge on any atom is 0.238 e. The molecule has 2 aliphatic rings. The Morgan fingerprint density at radius 3 is 1.68 bits per heavy atom. The van der Waals surface area contributed by atoms with E-state index in [0.717, 1.165) is 77.6 Å². The number of benzene rings is 9. The van der Waals surface area contributed by atoms with Crippen LogP contribution in [-0.4, -0.2) is 27.9 Å². The first-order chi connectivity index (χ1) is 35.0. The summed E-state index contributed by atoms with van der Waals surface area (Å²) in [5.74, 6) is 1.70. The fourth-order valence-electron chi connectivity index (χ4n) is 11.6. The van der Waals surface area contributed by atoms with Crippen LogP contribution in [0.15, 0.2) is 210 Å². The zero-order chi connectivity index (χ0) is 48.7. The Bertz CT molecular complexity index is 4260. The van der Waals surface area contributed by atoms with Gasteiger partial charge >= 0.3 is 0 Å². The summed E-state index contributed by atoms with van der Waals surface area (Å²) in [5.41, 5.74) is 11.9. The van der Waals surface area contributed by atoms with Gasteiger partial charge in [-0.3, -0.25) is 4.57 Å². The molecule has 0 atom stereocenters. The van der Waals surface area contributed by atoms with Gasteiger partial charge in [0.1, 0.15) is 0 Å². The highest BCUT2D eigenvalue weighted by atomic mass is 32.2. The fraction of sp³-hybridized carbons (Fsp3) is 0.0952. The van der Waals surface area contributed by atoms with Crippen molar-refractivity contribution in [3.63, 3.8) is 0 Å². The quantitative estimate of drug-likeness (QED) is 0.171. The molecule has 9 aromatic carbocycles. The molecule has 0 bridgehead atoms. The summed E-state index contributed by atoms with van der Waals surface area (Å²) in [4.78, 5) is 18.6. The van der Waals surface area contributed by atoms with Crippen molar-refractivity contribution in [2.75, 3.05) is 4.90 Å². The van der Waals surface area contributed by atoms with E-state index < -0.39 is 15.3 Å². The number of hydrogen-bond acceptors (Lipinski definition) is 7. The summed E-state index contributed by atoms with van der Waals surface area (Å²) in [6.45, 7) is 8.86. The van der Waals surface area contributed by atoms with Gasteiger partial charge in [0.05, 0.1) is 32.2 Å². The van der Waals surface area contributed by atoms with E-state index in [1.165, 1.54) is 25.9 Å². The number of fused-ring (bicyclic) bond motifs is 11. The van der Waals surface area contributed by atoms with Crippen molar-refractivity contribution in [1.82, 2.24) is 19.5 Å². The van der Waals surface area contributed by atoms with Crippen LogP contribution in [0.4, 0.5) is 17.1 Å². The van der Waals surface area contributed by atoms with E-state index in [9.17, 15) is 8.42 Å². The molecule has 3 aromatic heterocycles. The second-order valence-electron chi connectivity index (χ2n) is 20.0. The molecule has 0 radical (unpaired) electrons. The predicted molar refractivity (Wildman–Crippen MR) is 294 cm³/mol. The molecule has 0 N–H and O–H groups in total. The minimum absolute atomic E-state index is 0.219. The van der Waals surface area contributed by atoms with Gasteiger partial charge in [-0.25, -0.2) is 13.4 Å². The van der Waals surface area contributed by atoms with Crippen molar-refractivity contribution in [1.29, 1.82) is 0 Å². The lowest BCUT2D eigenvalue weighted by Crippen LogP contribution is -2.32. The van der Waals surface area contributed by atoms with Crippen LogP contribution in [0.3, 0.4) is 0 Å². The third-order valence-corrected chi connectivity index (χ3v) is 18.3. The summed E-state index contributed by atoms with van der Waals surface area (Å²) >= 11 is 1.78. The maximum atomic E-state index is 14.8. The predicted octanol–water partition coefficient (Wildman–Crippen LogP) is 15.9. The van der Waals surface area contributed by atoms with Crippen molar-refractivity contribution in [3.8, 4) is 39.9 Å². The number of sulfone groups is 1. The molecule has 346 valence electrons. The molecular weight excluding hydrogens is 923 g/mol. The van der Waals surface area contributed by atoms with Crippen molar-refractivity contribution in [2.24, 2.45) is 0 Å². The van der Waals surface area contributed by atoms with Crippen molar-refractivity contribution in [3.05, 3.63) is 222 Å². The Morgan fingerprint density at radius 2 is 1.00 bits per heavy atom. The number of rotatable bonds is 5. The molecular formula is C63H45N5O2S2. The first kappa shape index (κ1) is 42.6. The number of anilines is 3. The summed E-state index contributed by atoms with van der Waals surface area (Å²) in [6.07, 6.45) is 0. The molecule has 9 heteroatoms. The zero-order valence-corrected chi connectivity index (χ0v) is 41.6. The average molecular weight is 968 g/mol. The number of nitrogens with zero attached hydrogens (tertiary/aromatic N) is 5. The van der Waals surface area contributed by atoms with Crippen LogP contribution in [0.2, 0.25) is 0 Å². The number of para-hydroxylation sites is 2. The first-order valence-corrected chi connectivity index (χ1v) is 26.6. The highest BCUT2D eigenvalue weighted by molar-refractivity contribution is 7.91. The van der Waals surface area contributed by atoms with Crippen molar-refractivity contribution < 1.29 is 8.42 Å². The Hall–Kier alpha value is -8.24. The lowest BCUT2D eigenvalue weighted by molar-refractivity contribution is 0.556. The average Bonchev–Trinajstić information content (AvgIpc) is 3.96. The van der Waals surface area contributed by atoms with Crippen LogP contribution < -0.4 is 4.90 Å². The zero-order valence-electron chi connectivity index (χ0n) is 39.9. The molecule has 0 aliphatic carbocycles. The normalized spacial score (nSPS) is 15.1. The van der Waals surface area contributed by atoms with Gasteiger partial charge in [0.2, 0.25) is 15.8 Å². The van der Waals surface area contributed by atoms with E-state index in [0.29, 0.717) is 27.4 Å². The van der Waals surface area contributed by atoms with E-state index in [1.807, 2.05) is 84.9 Å². The molecule has 0 saturated carbocycles. The Kier molecular flexibility index (Phi) is 9.10. The molecule has 12 aromatic rings. The summed E-state index contributed by atoms with van der Waals surface area (Å²) < 4.78 is 34.3. The van der Waals surface area contributed by atoms with Crippen LogP contribution >= 0.6 is 11.3 Å². The van der Waals surface area contributed by atoms with Crippen LogP contribution in [-0.2, 0) is 20.7 Å². The van der Waals surface area contributed by atoms with Crippen LogP contribution in [0.5, 0.6) is 0 Å².